The van der Waals surface area contributed by atoms with Crippen molar-refractivity contribution in [3.05, 3.63) is 216 Å². The molecule has 0 radical (unpaired) electrons. The summed E-state index contributed by atoms with van der Waals surface area (Å²) in [7, 11) is 0. The van der Waals surface area contributed by atoms with Crippen LogP contribution in [0.15, 0.2) is 188 Å². The van der Waals surface area contributed by atoms with Gasteiger partial charge in [0.25, 0.3) is 0 Å². The Hall–Kier alpha value is -7.11. The zero-order valence-corrected chi connectivity index (χ0v) is 44.1. The zero-order valence-electron chi connectivity index (χ0n) is 44.1. The minimum atomic E-state index is -0.0842. The Labute approximate surface area is 444 Å². The lowest BCUT2D eigenvalue weighted by Gasteiger charge is -2.58. The second-order valence-corrected chi connectivity index (χ2v) is 24.0. The molecule has 14 rings (SSSR count). The highest BCUT2D eigenvalue weighted by Gasteiger charge is 2.57. The van der Waals surface area contributed by atoms with Crippen LogP contribution in [0, 0.1) is 23.7 Å². The molecule has 7 aromatic carbocycles. The molecule has 4 saturated carbocycles. The summed E-state index contributed by atoms with van der Waals surface area (Å²) in [5, 5.41) is 2.38. The molecule has 1 aliphatic heterocycles. The van der Waals surface area contributed by atoms with Gasteiger partial charge in [0.2, 0.25) is 0 Å². The molecule has 0 atom stereocenters. The van der Waals surface area contributed by atoms with E-state index < -0.39 is 0 Å². The normalized spacial score (nSPS) is 24.4. The van der Waals surface area contributed by atoms with E-state index in [1.807, 2.05) is 6.20 Å². The second-order valence-electron chi connectivity index (χ2n) is 24.0. The predicted molar refractivity (Wildman–Crippen MR) is 310 cm³/mol. The molecule has 2 aromatic heterocycles. The molecule has 5 nitrogen and oxygen atoms in total. The number of ether oxygens (including phenoxy) is 1. The summed E-state index contributed by atoms with van der Waals surface area (Å²) < 4.78 is 9.28. The van der Waals surface area contributed by atoms with E-state index in [9.17, 15) is 0 Å². The van der Waals surface area contributed by atoms with Crippen LogP contribution in [0.5, 0.6) is 11.5 Å². The summed E-state index contributed by atoms with van der Waals surface area (Å²) in [4.78, 5) is 10.3. The van der Waals surface area contributed by atoms with Gasteiger partial charge in [-0.25, -0.2) is 4.98 Å². The molecular weight excluding hydrogens is 913 g/mol. The largest absolute Gasteiger partial charge is 0.457 e. The summed E-state index contributed by atoms with van der Waals surface area (Å²) in [5.74, 6) is 4.89. The molecule has 0 saturated heterocycles. The molecule has 4 aliphatic carbocycles. The van der Waals surface area contributed by atoms with Crippen LogP contribution >= 0.6 is 0 Å². The first kappa shape index (κ1) is 46.4. The maximum absolute atomic E-state index is 6.98. The van der Waals surface area contributed by atoms with Gasteiger partial charge >= 0.3 is 0 Å². The highest BCUT2D eigenvalue weighted by Crippen LogP contribution is 2.65. The molecule has 3 heterocycles. The molecule has 0 N–H and O–H groups in total. The Morgan fingerprint density at radius 3 is 1.59 bits per heavy atom. The van der Waals surface area contributed by atoms with E-state index in [1.165, 1.54) is 122 Å². The van der Waals surface area contributed by atoms with E-state index in [2.05, 4.69) is 217 Å². The third-order valence-corrected chi connectivity index (χ3v) is 19.3. The molecule has 376 valence electrons. The average molecular weight is 983 g/mol. The van der Waals surface area contributed by atoms with Crippen molar-refractivity contribution in [2.75, 3.05) is 16.5 Å². The molecule has 5 aliphatic rings. The first-order chi connectivity index (χ1) is 36.8. The third kappa shape index (κ3) is 7.34. The van der Waals surface area contributed by atoms with E-state index >= 15 is 0 Å². The minimum Gasteiger partial charge on any atom is -0.457 e. The second kappa shape index (κ2) is 18.3. The minimum absolute atomic E-state index is 0.00802. The van der Waals surface area contributed by atoms with Gasteiger partial charge in [0, 0.05) is 45.6 Å². The van der Waals surface area contributed by atoms with Crippen LogP contribution in [0.4, 0.5) is 22.7 Å². The number of nitrogens with zero attached hydrogens (tertiary/aromatic N) is 4. The van der Waals surface area contributed by atoms with Crippen molar-refractivity contribution < 1.29 is 4.74 Å². The van der Waals surface area contributed by atoms with Gasteiger partial charge in [-0.15, -0.1) is 0 Å². The Morgan fingerprint density at radius 1 is 0.467 bits per heavy atom. The lowest BCUT2D eigenvalue weighted by molar-refractivity contribution is 0.0793. The number of pyridine rings is 1. The maximum atomic E-state index is 6.98. The number of fused-ring (bicyclic) bond motifs is 8. The number of aromatic nitrogens is 2. The highest BCUT2D eigenvalue weighted by molar-refractivity contribution is 6.09. The van der Waals surface area contributed by atoms with Crippen molar-refractivity contribution in [2.24, 2.45) is 23.7 Å². The molecule has 0 unspecified atom stereocenters. The van der Waals surface area contributed by atoms with Crippen molar-refractivity contribution in [3.8, 4) is 17.3 Å². The molecule has 4 fully saturated rings. The number of anilines is 4. The van der Waals surface area contributed by atoms with Crippen LogP contribution in [0.1, 0.15) is 126 Å². The number of benzene rings is 7. The van der Waals surface area contributed by atoms with Gasteiger partial charge in [-0.05, 0) is 163 Å². The fourth-order valence-electron chi connectivity index (χ4n) is 16.3. The van der Waals surface area contributed by atoms with Gasteiger partial charge in [-0.3, -0.25) is 4.57 Å². The number of hydrogen-bond acceptors (Lipinski definition) is 4. The Bertz CT molecular complexity index is 3430. The molecule has 0 amide bonds. The van der Waals surface area contributed by atoms with Crippen LogP contribution in [-0.2, 0) is 16.2 Å². The smallest absolute Gasteiger partial charge is 0.137 e. The average Bonchev–Trinajstić information content (AvgIpc) is 4.00. The van der Waals surface area contributed by atoms with E-state index in [4.69, 9.17) is 9.72 Å². The fraction of sp³-hybridized carbons (Fsp3) is 0.329. The Morgan fingerprint density at radius 2 is 0.987 bits per heavy atom. The van der Waals surface area contributed by atoms with Crippen molar-refractivity contribution in [1.29, 1.82) is 0 Å². The maximum Gasteiger partial charge on any atom is 0.137 e. The van der Waals surface area contributed by atoms with E-state index in [0.29, 0.717) is 30.3 Å². The Balaban J connectivity index is 0.917. The first-order valence-electron chi connectivity index (χ1n) is 28.5. The summed E-state index contributed by atoms with van der Waals surface area (Å²) in [6.07, 6.45) is 17.6. The number of rotatable bonds is 9. The van der Waals surface area contributed by atoms with Gasteiger partial charge < -0.3 is 14.5 Å². The fourth-order valence-corrected chi connectivity index (χ4v) is 16.3. The van der Waals surface area contributed by atoms with Gasteiger partial charge in [0.1, 0.15) is 24.0 Å². The van der Waals surface area contributed by atoms with Crippen molar-refractivity contribution in [2.45, 2.75) is 114 Å². The van der Waals surface area contributed by atoms with E-state index in [-0.39, 0.29) is 16.2 Å². The van der Waals surface area contributed by atoms with Gasteiger partial charge in [-0.2, -0.15) is 0 Å². The van der Waals surface area contributed by atoms with Crippen molar-refractivity contribution in [1.82, 2.24) is 9.55 Å². The molecule has 0 spiro atoms. The SMILES string of the molecule is CC(C)(C)c1ccnc(-n2c3ccccc3c3ccc(Oc4cccc(N5CN(c6c(C7(c8ccccc8)C8CCCC7CCC8)cccc6C6(c7ccccc7)C7CCCC6CCC7)c6ccccc65)c4)cc32)c1. The van der Waals surface area contributed by atoms with Crippen LogP contribution in [0.2, 0.25) is 0 Å². The summed E-state index contributed by atoms with van der Waals surface area (Å²) >= 11 is 0. The molecule has 75 heavy (non-hydrogen) atoms. The standard InChI is InChI=1S/C70H70N4O/c1-68(2,3)54-42-43-71-66(44-54)74-62-37-11-10-34-58(62)59-41-40-57(46-65(59)74)75-56-33-18-32-55(45-56)72-47-73(64-39-13-12-38-63(64)72)67-60(69(48-20-6-4-7-21-48)50-24-14-25-51(69)27-15-26-50)35-19-36-61(67)70(49-22-8-5-9-23-49)52-28-16-29-53(70)31-17-30-52/h4-13,18-23,32-46,50-53H,14-17,24-31,47H2,1-3H3. The zero-order chi connectivity index (χ0) is 50.3. The molecule has 9 aromatic rings. The van der Waals surface area contributed by atoms with Gasteiger partial charge in [0.15, 0.2) is 0 Å². The lowest BCUT2D eigenvalue weighted by Crippen LogP contribution is -2.52. The highest BCUT2D eigenvalue weighted by atomic mass is 16.5. The topological polar surface area (TPSA) is 33.5 Å². The van der Waals surface area contributed by atoms with Gasteiger partial charge in [0.05, 0.1) is 28.1 Å². The molecule has 4 bridgehead atoms. The monoisotopic (exact) mass is 983 g/mol. The van der Waals surface area contributed by atoms with Gasteiger partial charge in [-0.1, -0.05) is 162 Å². The van der Waals surface area contributed by atoms with Crippen LogP contribution < -0.4 is 14.5 Å². The summed E-state index contributed by atoms with van der Waals surface area (Å²) in [6.45, 7) is 7.49. The lowest BCUT2D eigenvalue weighted by atomic mass is 9.47. The third-order valence-electron chi connectivity index (χ3n) is 19.3. The summed E-state index contributed by atoms with van der Waals surface area (Å²) in [5.41, 5.74) is 14.6. The Kier molecular flexibility index (Phi) is 11.3. The van der Waals surface area contributed by atoms with E-state index in [0.717, 1.165) is 34.0 Å². The van der Waals surface area contributed by atoms with Crippen molar-refractivity contribution in [3.63, 3.8) is 0 Å². The summed E-state index contributed by atoms with van der Waals surface area (Å²) in [6, 6.07) is 69.2. The quantitative estimate of drug-likeness (QED) is 0.144. The molecule has 5 heteroatoms. The van der Waals surface area contributed by atoms with Crippen LogP contribution in [-0.4, -0.2) is 16.2 Å². The predicted octanol–water partition coefficient (Wildman–Crippen LogP) is 18.3. The van der Waals surface area contributed by atoms with Crippen LogP contribution in [0.25, 0.3) is 27.6 Å². The molecular formula is C70H70N4O. The van der Waals surface area contributed by atoms with Crippen LogP contribution in [0.3, 0.4) is 0 Å². The number of para-hydroxylation sites is 4. The van der Waals surface area contributed by atoms with E-state index in [1.54, 1.807) is 11.1 Å². The number of hydrogen-bond donors (Lipinski definition) is 0. The first-order valence-corrected chi connectivity index (χ1v) is 28.5. The van der Waals surface area contributed by atoms with Crippen molar-refractivity contribution >= 4 is 44.6 Å².